The number of hydrogen-bond donors (Lipinski definition) is 3. The van der Waals surface area contributed by atoms with E-state index >= 15 is 0 Å². The molecule has 3 N–H and O–H groups in total. The highest BCUT2D eigenvalue weighted by Gasteiger charge is 2.31. The van der Waals surface area contributed by atoms with Crippen molar-refractivity contribution in [2.75, 3.05) is 7.05 Å². The molecule has 8 heteroatoms. The van der Waals surface area contributed by atoms with Gasteiger partial charge >= 0.3 is 0 Å². The maximum Gasteiger partial charge on any atom is 0.223 e. The summed E-state index contributed by atoms with van der Waals surface area (Å²) >= 11 is 0. The summed E-state index contributed by atoms with van der Waals surface area (Å²) in [5, 5.41) is 13.6. The summed E-state index contributed by atoms with van der Waals surface area (Å²) in [5.74, 6) is 2.17. The van der Waals surface area contributed by atoms with Crippen molar-refractivity contribution in [1.29, 1.82) is 0 Å². The minimum Gasteiger partial charge on any atom is -0.354 e. The van der Waals surface area contributed by atoms with Gasteiger partial charge < -0.3 is 20.5 Å². The SMILES string of the molecule is CN=C(NCc1noc(C)n1)NC1CCCC(C(=O)NC2CC2)C1. The van der Waals surface area contributed by atoms with Crippen LogP contribution >= 0.6 is 0 Å². The fraction of sp³-hybridized carbons (Fsp3) is 0.750. The molecule has 2 unspecified atom stereocenters. The fourth-order valence-electron chi connectivity index (χ4n) is 3.07. The number of guanidine groups is 1. The van der Waals surface area contributed by atoms with E-state index in [0.29, 0.717) is 30.3 Å². The zero-order valence-corrected chi connectivity index (χ0v) is 14.3. The average molecular weight is 334 g/mol. The lowest BCUT2D eigenvalue weighted by Crippen LogP contribution is -2.47. The van der Waals surface area contributed by atoms with Crippen LogP contribution in [0.15, 0.2) is 9.52 Å². The van der Waals surface area contributed by atoms with Crippen molar-refractivity contribution in [3.05, 3.63) is 11.7 Å². The molecule has 1 heterocycles. The highest BCUT2D eigenvalue weighted by molar-refractivity contribution is 5.81. The number of carbonyl (C=O) groups is 1. The Balaban J connectivity index is 1.46. The van der Waals surface area contributed by atoms with Gasteiger partial charge in [-0.1, -0.05) is 11.6 Å². The van der Waals surface area contributed by atoms with Crippen LogP contribution in [0, 0.1) is 12.8 Å². The average Bonchev–Trinajstić information content (AvgIpc) is 3.30. The normalized spacial score (nSPS) is 24.5. The third-order valence-corrected chi connectivity index (χ3v) is 4.52. The molecule has 1 amide bonds. The Morgan fingerprint density at radius 3 is 2.75 bits per heavy atom. The Hall–Kier alpha value is -2.12. The smallest absolute Gasteiger partial charge is 0.223 e. The molecule has 2 saturated carbocycles. The van der Waals surface area contributed by atoms with Crippen LogP contribution in [0.5, 0.6) is 0 Å². The maximum atomic E-state index is 12.3. The highest BCUT2D eigenvalue weighted by Crippen LogP contribution is 2.26. The van der Waals surface area contributed by atoms with Crippen molar-refractivity contribution in [1.82, 2.24) is 26.1 Å². The van der Waals surface area contributed by atoms with E-state index in [1.54, 1.807) is 14.0 Å². The lowest BCUT2D eigenvalue weighted by atomic mass is 9.85. The Kier molecular flexibility index (Phi) is 5.32. The molecule has 0 aromatic carbocycles. The third kappa shape index (κ3) is 4.69. The second-order valence-electron chi connectivity index (χ2n) is 6.64. The first kappa shape index (κ1) is 16.7. The molecule has 2 atom stereocenters. The molecule has 0 aliphatic heterocycles. The summed E-state index contributed by atoms with van der Waals surface area (Å²) in [4.78, 5) is 20.6. The van der Waals surface area contributed by atoms with Crippen molar-refractivity contribution < 1.29 is 9.32 Å². The number of rotatable bonds is 5. The van der Waals surface area contributed by atoms with Gasteiger partial charge in [-0.05, 0) is 32.1 Å². The van der Waals surface area contributed by atoms with Crippen LogP contribution in [0.3, 0.4) is 0 Å². The summed E-state index contributed by atoms with van der Waals surface area (Å²) < 4.78 is 4.95. The molecule has 2 fully saturated rings. The third-order valence-electron chi connectivity index (χ3n) is 4.52. The Morgan fingerprint density at radius 1 is 1.25 bits per heavy atom. The number of hydrogen-bond acceptors (Lipinski definition) is 5. The summed E-state index contributed by atoms with van der Waals surface area (Å²) in [6.45, 7) is 2.22. The molecule has 132 valence electrons. The molecule has 0 spiro atoms. The number of aliphatic imine (C=N–C) groups is 1. The van der Waals surface area contributed by atoms with Crippen molar-refractivity contribution in [2.45, 2.75) is 64.1 Å². The summed E-state index contributed by atoms with van der Waals surface area (Å²) in [6, 6.07) is 0.686. The van der Waals surface area contributed by atoms with Crippen LogP contribution in [0.2, 0.25) is 0 Å². The van der Waals surface area contributed by atoms with E-state index in [4.69, 9.17) is 4.52 Å². The summed E-state index contributed by atoms with van der Waals surface area (Å²) in [6.07, 6.45) is 6.20. The van der Waals surface area contributed by atoms with Crippen molar-refractivity contribution in [3.8, 4) is 0 Å². The maximum absolute atomic E-state index is 12.3. The van der Waals surface area contributed by atoms with Gasteiger partial charge in [-0.15, -0.1) is 0 Å². The van der Waals surface area contributed by atoms with E-state index in [9.17, 15) is 4.79 Å². The molecule has 0 bridgehead atoms. The van der Waals surface area contributed by atoms with Gasteiger partial charge in [0.2, 0.25) is 11.8 Å². The lowest BCUT2D eigenvalue weighted by Gasteiger charge is -2.30. The fourth-order valence-corrected chi connectivity index (χ4v) is 3.07. The second-order valence-corrected chi connectivity index (χ2v) is 6.64. The summed E-state index contributed by atoms with van der Waals surface area (Å²) in [7, 11) is 1.73. The number of aryl methyl sites for hydroxylation is 1. The number of carbonyl (C=O) groups excluding carboxylic acids is 1. The first-order valence-electron chi connectivity index (χ1n) is 8.71. The van der Waals surface area contributed by atoms with Crippen LogP contribution < -0.4 is 16.0 Å². The van der Waals surface area contributed by atoms with E-state index in [0.717, 1.165) is 38.5 Å². The van der Waals surface area contributed by atoms with Gasteiger partial charge in [0, 0.05) is 32.0 Å². The van der Waals surface area contributed by atoms with Gasteiger partial charge in [0.25, 0.3) is 0 Å². The van der Waals surface area contributed by atoms with Crippen molar-refractivity contribution >= 4 is 11.9 Å². The molecule has 2 aliphatic rings. The minimum absolute atomic E-state index is 0.106. The van der Waals surface area contributed by atoms with Crippen molar-refractivity contribution in [3.63, 3.8) is 0 Å². The molecule has 0 saturated heterocycles. The zero-order chi connectivity index (χ0) is 16.9. The lowest BCUT2D eigenvalue weighted by molar-refractivity contribution is -0.126. The first-order valence-corrected chi connectivity index (χ1v) is 8.71. The molecule has 0 radical (unpaired) electrons. The molecule has 24 heavy (non-hydrogen) atoms. The molecule has 1 aromatic rings. The number of nitrogens with one attached hydrogen (secondary N) is 3. The van der Waals surface area contributed by atoms with Gasteiger partial charge in [0.05, 0.1) is 6.54 Å². The minimum atomic E-state index is 0.106. The van der Waals surface area contributed by atoms with E-state index in [1.165, 1.54) is 0 Å². The predicted molar refractivity (Wildman–Crippen MR) is 89.3 cm³/mol. The second kappa shape index (κ2) is 7.63. The van der Waals surface area contributed by atoms with E-state index < -0.39 is 0 Å². The number of nitrogens with zero attached hydrogens (tertiary/aromatic N) is 3. The van der Waals surface area contributed by atoms with Gasteiger partial charge in [0.15, 0.2) is 11.8 Å². The molecule has 2 aliphatic carbocycles. The summed E-state index contributed by atoms with van der Waals surface area (Å²) in [5.41, 5.74) is 0. The topological polar surface area (TPSA) is 104 Å². The van der Waals surface area contributed by atoms with Crippen LogP contribution in [0.25, 0.3) is 0 Å². The standard InChI is InChI=1S/C16H26N6O2/c1-10-19-14(22-24-10)9-18-16(17-2)21-13-5-3-4-11(8-13)15(23)20-12-6-7-12/h11-13H,3-9H2,1-2H3,(H,20,23)(H2,17,18,21). The molecular formula is C16H26N6O2. The molecule has 3 rings (SSSR count). The van der Waals surface area contributed by atoms with Crippen LogP contribution in [0.1, 0.15) is 50.2 Å². The van der Waals surface area contributed by atoms with E-state index in [-0.39, 0.29) is 17.9 Å². The quantitative estimate of drug-likeness (QED) is 0.545. The molecular weight excluding hydrogens is 308 g/mol. The number of aromatic nitrogens is 2. The van der Waals surface area contributed by atoms with Crippen LogP contribution in [0.4, 0.5) is 0 Å². The monoisotopic (exact) mass is 334 g/mol. The van der Waals surface area contributed by atoms with Gasteiger partial charge in [0.1, 0.15) is 0 Å². The van der Waals surface area contributed by atoms with Gasteiger partial charge in [-0.2, -0.15) is 4.98 Å². The van der Waals surface area contributed by atoms with Crippen molar-refractivity contribution in [2.24, 2.45) is 10.9 Å². The largest absolute Gasteiger partial charge is 0.354 e. The molecule has 8 nitrogen and oxygen atoms in total. The molecule has 1 aromatic heterocycles. The van der Waals surface area contributed by atoms with Gasteiger partial charge in [-0.25, -0.2) is 0 Å². The van der Waals surface area contributed by atoms with Gasteiger partial charge in [-0.3, -0.25) is 9.79 Å². The number of amides is 1. The Bertz CT molecular complexity index is 595. The van der Waals surface area contributed by atoms with E-state index in [1.807, 2.05) is 0 Å². The Labute approximate surface area is 141 Å². The van der Waals surface area contributed by atoms with Crippen LogP contribution in [-0.4, -0.2) is 41.1 Å². The zero-order valence-electron chi connectivity index (χ0n) is 14.3. The van der Waals surface area contributed by atoms with Crippen LogP contribution in [-0.2, 0) is 11.3 Å². The first-order chi connectivity index (χ1) is 11.6. The predicted octanol–water partition coefficient (Wildman–Crippen LogP) is 0.880. The Morgan fingerprint density at radius 2 is 2.08 bits per heavy atom. The highest BCUT2D eigenvalue weighted by atomic mass is 16.5. The van der Waals surface area contributed by atoms with E-state index in [2.05, 4.69) is 31.1 Å².